The number of rotatable bonds is 5. The summed E-state index contributed by atoms with van der Waals surface area (Å²) in [5.41, 5.74) is 4.51. The summed E-state index contributed by atoms with van der Waals surface area (Å²) < 4.78 is 6.41. The molecule has 0 heterocycles. The fourth-order valence-corrected chi connectivity index (χ4v) is 10.1. The van der Waals surface area contributed by atoms with Gasteiger partial charge in [-0.3, -0.25) is 0 Å². The van der Waals surface area contributed by atoms with Gasteiger partial charge in [-0.25, -0.2) is 0 Å². The van der Waals surface area contributed by atoms with Crippen molar-refractivity contribution in [3.05, 3.63) is 46.0 Å². The summed E-state index contributed by atoms with van der Waals surface area (Å²) in [4.78, 5) is 1.02. The van der Waals surface area contributed by atoms with Crippen LogP contribution in [0, 0.1) is 22.7 Å². The molecule has 184 valence electrons. The normalized spacial score (nSPS) is 34.7. The predicted molar refractivity (Wildman–Crippen MR) is 173 cm³/mol. The van der Waals surface area contributed by atoms with Gasteiger partial charge in [0.05, 0.1) is 4.47 Å². The van der Waals surface area contributed by atoms with Gasteiger partial charge >= 0.3 is 0 Å². The van der Waals surface area contributed by atoms with E-state index in [-0.39, 0.29) is 10.8 Å². The van der Waals surface area contributed by atoms with E-state index in [9.17, 15) is 5.11 Å². The molecule has 0 unspecified atom stereocenters. The van der Waals surface area contributed by atoms with E-state index in [1.807, 2.05) is 6.07 Å². The van der Waals surface area contributed by atoms with Gasteiger partial charge in [0.2, 0.25) is 0 Å². The van der Waals surface area contributed by atoms with E-state index < -0.39 is 0 Å². The highest BCUT2D eigenvalue weighted by molar-refractivity contribution is 14.1. The number of aromatic hydroxyl groups is 1. The summed E-state index contributed by atoms with van der Waals surface area (Å²) in [6, 6.07) is 4.00. The molecule has 2 aliphatic rings. The fourth-order valence-electron chi connectivity index (χ4n) is 5.94. The Balaban J connectivity index is 1.94. The van der Waals surface area contributed by atoms with Crippen LogP contribution in [0.15, 0.2) is 40.4 Å². The third-order valence-corrected chi connectivity index (χ3v) is 14.1. The van der Waals surface area contributed by atoms with Crippen LogP contribution in [-0.4, -0.2) is 14.8 Å². The van der Waals surface area contributed by atoms with Crippen molar-refractivity contribution in [1.82, 2.24) is 0 Å². The Labute approximate surface area is 260 Å². The molecule has 0 spiro atoms. The summed E-state index contributed by atoms with van der Waals surface area (Å²) in [5.74, 6) is 1.35. The van der Waals surface area contributed by atoms with Crippen molar-refractivity contribution >= 4 is 109 Å². The summed E-state index contributed by atoms with van der Waals surface area (Å²) in [5, 5.41) is 10.8. The molecule has 7 heteroatoms. The third kappa shape index (κ3) is 6.31. The standard InChI is InChI=1S/C26H32Br4I2O/c1-25(2)19(15(13-31)4-6-22(25)29)8-9-26(3)20(16(14-32)5-7-23(26)30)11-17-10-18(27)12-21(28)24(17)33/h10,12-14,19-20,22-23,33H,4-9,11H2,1-3H3/b15-13-,16-14-/t19-,20+,22+,23-,26-/m0/s1. The topological polar surface area (TPSA) is 20.2 Å². The van der Waals surface area contributed by atoms with Crippen molar-refractivity contribution in [2.24, 2.45) is 22.7 Å². The molecule has 1 aromatic rings. The van der Waals surface area contributed by atoms with Gasteiger partial charge in [0, 0.05) is 14.1 Å². The first-order chi connectivity index (χ1) is 15.4. The molecule has 2 fully saturated rings. The molecule has 1 nitrogen and oxygen atoms in total. The van der Waals surface area contributed by atoms with Crippen LogP contribution in [0.1, 0.15) is 64.9 Å². The maximum Gasteiger partial charge on any atom is 0.133 e. The maximum atomic E-state index is 10.8. The van der Waals surface area contributed by atoms with E-state index >= 15 is 0 Å². The number of halogens is 6. The lowest BCUT2D eigenvalue weighted by atomic mass is 9.58. The Morgan fingerprint density at radius 2 is 1.55 bits per heavy atom. The fraction of sp³-hybridized carbons (Fsp3) is 0.615. The van der Waals surface area contributed by atoms with Crippen molar-refractivity contribution in [2.75, 3.05) is 0 Å². The Morgan fingerprint density at radius 1 is 0.970 bits per heavy atom. The van der Waals surface area contributed by atoms with Gasteiger partial charge in [-0.15, -0.1) is 0 Å². The lowest BCUT2D eigenvalue weighted by Gasteiger charge is -2.50. The average molecular weight is 934 g/mol. The van der Waals surface area contributed by atoms with Crippen LogP contribution in [0.3, 0.4) is 0 Å². The molecule has 0 aliphatic heterocycles. The van der Waals surface area contributed by atoms with Gasteiger partial charge in [0.25, 0.3) is 0 Å². The second-order valence-corrected chi connectivity index (χ2v) is 15.7. The third-order valence-electron chi connectivity index (χ3n) is 8.27. The summed E-state index contributed by atoms with van der Waals surface area (Å²) in [6.07, 6.45) is 7.91. The predicted octanol–water partition coefficient (Wildman–Crippen LogP) is 11.3. The number of phenolic OH excluding ortho intramolecular Hbond substituents is 1. The average Bonchev–Trinajstić information content (AvgIpc) is 2.76. The van der Waals surface area contributed by atoms with Gasteiger partial charge in [-0.1, -0.05) is 125 Å². The van der Waals surface area contributed by atoms with Crippen molar-refractivity contribution in [1.29, 1.82) is 0 Å². The zero-order valence-electron chi connectivity index (χ0n) is 19.3. The lowest BCUT2D eigenvalue weighted by Crippen LogP contribution is -2.44. The second-order valence-electron chi connectivity index (χ2n) is 10.5. The van der Waals surface area contributed by atoms with Gasteiger partial charge in [-0.2, -0.15) is 0 Å². The van der Waals surface area contributed by atoms with E-state index in [4.69, 9.17) is 0 Å². The van der Waals surface area contributed by atoms with E-state index in [1.54, 1.807) is 5.57 Å². The maximum absolute atomic E-state index is 10.8. The number of hydrogen-bond acceptors (Lipinski definition) is 1. The summed E-state index contributed by atoms with van der Waals surface area (Å²) in [7, 11) is 0. The largest absolute Gasteiger partial charge is 0.506 e. The van der Waals surface area contributed by atoms with E-state index in [2.05, 4.69) is 144 Å². The Hall–Kier alpha value is 1.88. The molecule has 0 bridgehead atoms. The number of hydrogen-bond donors (Lipinski definition) is 1. The monoisotopic (exact) mass is 930 g/mol. The molecule has 2 aliphatic carbocycles. The minimum Gasteiger partial charge on any atom is -0.506 e. The van der Waals surface area contributed by atoms with E-state index in [0.717, 1.165) is 27.4 Å². The van der Waals surface area contributed by atoms with Crippen LogP contribution in [-0.2, 0) is 6.42 Å². The highest BCUT2D eigenvalue weighted by Gasteiger charge is 2.47. The smallest absolute Gasteiger partial charge is 0.133 e. The minimum absolute atomic E-state index is 0.113. The molecule has 33 heavy (non-hydrogen) atoms. The Kier molecular flexibility index (Phi) is 10.8. The SMILES string of the molecule is CC1(C)[C@H](Br)CC/C(=C/I)[C@@H]1CC[C@@]1(C)[C@H](Cc2cc(Br)cc(Br)c2O)/C(=C\I)CC[C@@H]1Br. The number of phenols is 1. The Morgan fingerprint density at radius 3 is 2.15 bits per heavy atom. The molecular weight excluding hydrogens is 902 g/mol. The van der Waals surface area contributed by atoms with Crippen LogP contribution in [0.4, 0.5) is 0 Å². The zero-order valence-corrected chi connectivity index (χ0v) is 29.9. The summed E-state index contributed by atoms with van der Waals surface area (Å²) in [6.45, 7) is 7.36. The first-order valence-corrected chi connectivity index (χ1v) is 17.4. The van der Waals surface area contributed by atoms with Crippen molar-refractivity contribution in [2.45, 2.75) is 75.4 Å². The number of benzene rings is 1. The van der Waals surface area contributed by atoms with Gasteiger partial charge in [0.15, 0.2) is 0 Å². The first kappa shape index (κ1) is 29.4. The van der Waals surface area contributed by atoms with Gasteiger partial charge in [-0.05, 0) is 109 Å². The molecule has 5 atom stereocenters. The van der Waals surface area contributed by atoms with Crippen molar-refractivity contribution in [3.63, 3.8) is 0 Å². The molecule has 2 saturated carbocycles. The van der Waals surface area contributed by atoms with E-state index in [1.165, 1.54) is 37.7 Å². The molecule has 1 aromatic carbocycles. The quantitative estimate of drug-likeness (QED) is 0.230. The first-order valence-electron chi connectivity index (χ1n) is 11.5. The molecule has 0 radical (unpaired) electrons. The number of allylic oxidation sites excluding steroid dienone is 2. The molecule has 0 aromatic heterocycles. The molecule has 0 saturated heterocycles. The molecule has 0 amide bonds. The molecule has 1 N–H and O–H groups in total. The van der Waals surface area contributed by atoms with Crippen molar-refractivity contribution < 1.29 is 5.11 Å². The Bertz CT molecular complexity index is 929. The highest BCUT2D eigenvalue weighted by Crippen LogP contribution is 2.56. The van der Waals surface area contributed by atoms with Crippen LogP contribution in [0.5, 0.6) is 5.75 Å². The van der Waals surface area contributed by atoms with Gasteiger partial charge in [0.1, 0.15) is 5.75 Å². The van der Waals surface area contributed by atoms with Crippen LogP contribution in [0.25, 0.3) is 0 Å². The van der Waals surface area contributed by atoms with Crippen LogP contribution in [0.2, 0.25) is 0 Å². The van der Waals surface area contributed by atoms with E-state index in [0.29, 0.717) is 27.2 Å². The highest BCUT2D eigenvalue weighted by atomic mass is 127. The minimum atomic E-state index is 0.113. The second kappa shape index (κ2) is 12.2. The molecular formula is C26H32Br4I2O. The lowest BCUT2D eigenvalue weighted by molar-refractivity contribution is 0.118. The van der Waals surface area contributed by atoms with Crippen LogP contribution >= 0.6 is 109 Å². The number of alkyl halides is 2. The van der Waals surface area contributed by atoms with Gasteiger partial charge < -0.3 is 5.11 Å². The van der Waals surface area contributed by atoms with Crippen LogP contribution < -0.4 is 0 Å². The van der Waals surface area contributed by atoms with Crippen molar-refractivity contribution in [3.8, 4) is 5.75 Å². The summed E-state index contributed by atoms with van der Waals surface area (Å²) >= 11 is 20.2. The molecule has 3 rings (SSSR count). The zero-order chi connectivity index (χ0) is 24.6.